The molecule has 9 nitrogen and oxygen atoms in total. The van der Waals surface area contributed by atoms with Crippen molar-refractivity contribution in [2.45, 2.75) is 0 Å². The number of benzene rings is 4. The number of carbonyl (C=O) groups excluding carboxylic acids is 3. The average molecular weight is 647 g/mol. The third kappa shape index (κ3) is 7.42. The number of esters is 1. The number of nitrogens with one attached hydrogen (secondary N) is 2. The standard InChI is InChI=1S/C31H21BrClN3O6/c32-23-8-12-26(42-29(37)13-6-19-4-9-24(33)10-5-19)22(14-23)17-34-36-31(39)20-2-1-3-25(15-20)35-30(38)21-7-11-27-28(16-21)41-18-40-27/h1-17H,18H2,(H,35,38)(H,36,39)/b13-6+,34-17?. The monoisotopic (exact) mass is 645 g/mol. The van der Waals surface area contributed by atoms with Crippen LogP contribution in [-0.4, -0.2) is 30.8 Å². The molecule has 0 saturated carbocycles. The lowest BCUT2D eigenvalue weighted by Crippen LogP contribution is -2.18. The molecule has 0 radical (unpaired) electrons. The molecule has 0 fully saturated rings. The number of carbonyl (C=O) groups is 3. The van der Waals surface area contributed by atoms with Crippen LogP contribution in [0.4, 0.5) is 5.69 Å². The van der Waals surface area contributed by atoms with E-state index in [1.165, 1.54) is 18.4 Å². The van der Waals surface area contributed by atoms with Crippen LogP contribution in [0.1, 0.15) is 31.8 Å². The Morgan fingerprint density at radius 3 is 2.50 bits per heavy atom. The highest BCUT2D eigenvalue weighted by Crippen LogP contribution is 2.32. The summed E-state index contributed by atoms with van der Waals surface area (Å²) in [6.45, 7) is 0.108. The summed E-state index contributed by atoms with van der Waals surface area (Å²) < 4.78 is 16.8. The van der Waals surface area contributed by atoms with Gasteiger partial charge in [-0.25, -0.2) is 10.2 Å². The van der Waals surface area contributed by atoms with Crippen molar-refractivity contribution in [1.82, 2.24) is 5.43 Å². The van der Waals surface area contributed by atoms with Gasteiger partial charge in [0.1, 0.15) is 5.75 Å². The molecule has 0 aliphatic carbocycles. The molecule has 0 saturated heterocycles. The van der Waals surface area contributed by atoms with Crippen LogP contribution in [0.25, 0.3) is 6.08 Å². The summed E-state index contributed by atoms with van der Waals surface area (Å²) in [4.78, 5) is 37.9. The van der Waals surface area contributed by atoms with Crippen LogP contribution in [0.5, 0.6) is 17.2 Å². The number of amides is 2. The topological polar surface area (TPSA) is 115 Å². The Morgan fingerprint density at radius 1 is 0.881 bits per heavy atom. The first kappa shape index (κ1) is 28.6. The molecular weight excluding hydrogens is 626 g/mol. The highest BCUT2D eigenvalue weighted by Gasteiger charge is 2.17. The lowest BCUT2D eigenvalue weighted by atomic mass is 10.1. The number of fused-ring (bicyclic) bond motifs is 1. The predicted octanol–water partition coefficient (Wildman–Crippen LogP) is 6.47. The third-order valence-electron chi connectivity index (χ3n) is 5.85. The predicted molar refractivity (Wildman–Crippen MR) is 162 cm³/mol. The molecule has 0 bridgehead atoms. The number of nitrogens with zero attached hydrogens (tertiary/aromatic N) is 1. The van der Waals surface area contributed by atoms with Crippen LogP contribution in [0, 0.1) is 0 Å². The maximum absolute atomic E-state index is 12.8. The second kappa shape index (κ2) is 13.2. The van der Waals surface area contributed by atoms with Gasteiger partial charge in [-0.1, -0.05) is 45.7 Å². The molecule has 0 unspecified atom stereocenters. The molecule has 5 rings (SSSR count). The zero-order valence-corrected chi connectivity index (χ0v) is 24.0. The molecule has 1 aliphatic rings. The van der Waals surface area contributed by atoms with E-state index in [1.807, 2.05) is 0 Å². The van der Waals surface area contributed by atoms with Gasteiger partial charge in [0.2, 0.25) is 6.79 Å². The third-order valence-corrected chi connectivity index (χ3v) is 6.60. The van der Waals surface area contributed by atoms with Crippen LogP contribution in [0.15, 0.2) is 101 Å². The van der Waals surface area contributed by atoms with Crippen LogP contribution in [0.3, 0.4) is 0 Å². The molecule has 0 spiro atoms. The number of halogens is 2. The van der Waals surface area contributed by atoms with E-state index in [4.69, 9.17) is 25.8 Å². The summed E-state index contributed by atoms with van der Waals surface area (Å²) in [5.41, 5.74) is 4.74. The summed E-state index contributed by atoms with van der Waals surface area (Å²) in [6, 6.07) is 23.3. The summed E-state index contributed by atoms with van der Waals surface area (Å²) in [5.74, 6) is -0.162. The van der Waals surface area contributed by atoms with Gasteiger partial charge in [-0.3, -0.25) is 9.59 Å². The molecule has 0 aromatic heterocycles. The van der Waals surface area contributed by atoms with E-state index in [0.29, 0.717) is 33.3 Å². The Kier molecular flexibility index (Phi) is 8.96. The highest BCUT2D eigenvalue weighted by atomic mass is 79.9. The van der Waals surface area contributed by atoms with Gasteiger partial charge >= 0.3 is 5.97 Å². The number of hydrazone groups is 1. The van der Waals surface area contributed by atoms with Crippen molar-refractivity contribution in [3.8, 4) is 17.2 Å². The van der Waals surface area contributed by atoms with Crippen LogP contribution >= 0.6 is 27.5 Å². The quantitative estimate of drug-likeness (QED) is 0.0746. The summed E-state index contributed by atoms with van der Waals surface area (Å²) in [5, 5.41) is 7.38. The fourth-order valence-electron chi connectivity index (χ4n) is 3.80. The van der Waals surface area contributed by atoms with Crippen LogP contribution < -0.4 is 25.0 Å². The molecule has 2 N–H and O–H groups in total. The molecule has 2 amide bonds. The van der Waals surface area contributed by atoms with E-state index in [-0.39, 0.29) is 24.0 Å². The molecule has 4 aromatic carbocycles. The molecule has 1 heterocycles. The molecule has 210 valence electrons. The Bertz CT molecular complexity index is 1720. The van der Waals surface area contributed by atoms with Gasteiger partial charge in [-0.05, 0) is 78.4 Å². The van der Waals surface area contributed by atoms with Gasteiger partial charge in [-0.15, -0.1) is 0 Å². The summed E-state index contributed by atoms with van der Waals surface area (Å²) >= 11 is 9.27. The lowest BCUT2D eigenvalue weighted by Gasteiger charge is -2.08. The van der Waals surface area contributed by atoms with E-state index < -0.39 is 11.9 Å². The molecular formula is C31H21BrClN3O6. The Balaban J connectivity index is 1.21. The molecule has 11 heteroatoms. The summed E-state index contributed by atoms with van der Waals surface area (Å²) in [7, 11) is 0. The van der Waals surface area contributed by atoms with Crippen molar-refractivity contribution in [3.63, 3.8) is 0 Å². The Morgan fingerprint density at radius 2 is 1.67 bits per heavy atom. The lowest BCUT2D eigenvalue weighted by molar-refractivity contribution is -0.128. The smallest absolute Gasteiger partial charge is 0.336 e. The molecule has 42 heavy (non-hydrogen) atoms. The van der Waals surface area contributed by atoms with Crippen LogP contribution in [0.2, 0.25) is 5.02 Å². The second-order valence-electron chi connectivity index (χ2n) is 8.79. The van der Waals surface area contributed by atoms with Gasteiger partial charge in [0, 0.05) is 37.9 Å². The summed E-state index contributed by atoms with van der Waals surface area (Å²) in [6.07, 6.45) is 4.27. The highest BCUT2D eigenvalue weighted by molar-refractivity contribution is 9.10. The van der Waals surface area contributed by atoms with Crippen molar-refractivity contribution in [3.05, 3.63) is 123 Å². The maximum Gasteiger partial charge on any atom is 0.336 e. The van der Waals surface area contributed by atoms with Crippen molar-refractivity contribution in [1.29, 1.82) is 0 Å². The number of anilines is 1. The van der Waals surface area contributed by atoms with Gasteiger partial charge in [-0.2, -0.15) is 5.10 Å². The number of hydrogen-bond donors (Lipinski definition) is 2. The minimum Gasteiger partial charge on any atom is -0.454 e. The van der Waals surface area contributed by atoms with E-state index in [0.717, 1.165) is 10.0 Å². The fraction of sp³-hybridized carbons (Fsp3) is 0.0323. The van der Waals surface area contributed by atoms with E-state index in [9.17, 15) is 14.4 Å². The van der Waals surface area contributed by atoms with E-state index >= 15 is 0 Å². The van der Waals surface area contributed by atoms with Gasteiger partial charge in [0.25, 0.3) is 11.8 Å². The largest absolute Gasteiger partial charge is 0.454 e. The van der Waals surface area contributed by atoms with E-state index in [1.54, 1.807) is 84.9 Å². The number of ether oxygens (including phenoxy) is 3. The van der Waals surface area contributed by atoms with E-state index in [2.05, 4.69) is 31.8 Å². The molecule has 4 aromatic rings. The second-order valence-corrected chi connectivity index (χ2v) is 10.1. The Hall–Kier alpha value is -4.93. The minimum absolute atomic E-state index is 0.108. The first-order chi connectivity index (χ1) is 20.3. The van der Waals surface area contributed by atoms with Gasteiger partial charge < -0.3 is 19.5 Å². The Labute approximate surface area is 253 Å². The minimum atomic E-state index is -0.592. The first-order valence-corrected chi connectivity index (χ1v) is 13.6. The first-order valence-electron chi connectivity index (χ1n) is 12.4. The van der Waals surface area contributed by atoms with Crippen molar-refractivity contribution in [2.75, 3.05) is 12.1 Å². The van der Waals surface area contributed by atoms with Crippen molar-refractivity contribution < 1.29 is 28.6 Å². The molecule has 1 aliphatic heterocycles. The normalized spacial score (nSPS) is 12.0. The zero-order valence-electron chi connectivity index (χ0n) is 21.7. The van der Waals surface area contributed by atoms with Crippen LogP contribution in [-0.2, 0) is 4.79 Å². The number of rotatable bonds is 8. The van der Waals surface area contributed by atoms with Crippen molar-refractivity contribution >= 4 is 63.3 Å². The SMILES string of the molecule is O=C(/C=C/c1ccc(Cl)cc1)Oc1ccc(Br)cc1C=NNC(=O)c1cccc(NC(=O)c2ccc3c(c2)OCO3)c1. The average Bonchev–Trinajstić information content (AvgIpc) is 3.46. The zero-order chi connectivity index (χ0) is 29.5. The number of hydrogen-bond acceptors (Lipinski definition) is 7. The van der Waals surface area contributed by atoms with Crippen molar-refractivity contribution in [2.24, 2.45) is 5.10 Å². The van der Waals surface area contributed by atoms with Gasteiger partial charge in [0.15, 0.2) is 11.5 Å². The maximum atomic E-state index is 12.8. The van der Waals surface area contributed by atoms with Gasteiger partial charge in [0.05, 0.1) is 6.21 Å². The fourth-order valence-corrected chi connectivity index (χ4v) is 4.30. The molecule has 0 atom stereocenters.